The summed E-state index contributed by atoms with van der Waals surface area (Å²) in [4.78, 5) is 27.7. The Morgan fingerprint density at radius 2 is 1.76 bits per heavy atom. The number of nitrogens with zero attached hydrogens (tertiary/aromatic N) is 1. The molecule has 0 radical (unpaired) electrons. The molecule has 0 atom stereocenters. The standard InChI is InChI=1S/C21H33N5O3/c1-14(2)19(27)29-12-11-22-21(28)26-18-9-7-17(8-10-18)13-23-20(24-15(3)4)25-16(5)6/h7-10,15-16H,1,11-13H2,2-6H3,(H2,22,26,28)(H2,23,24,25). The number of aliphatic imine (C=N–C) groups is 1. The van der Waals surface area contributed by atoms with Gasteiger partial charge in [0.25, 0.3) is 0 Å². The molecule has 0 unspecified atom stereocenters. The molecule has 0 saturated carbocycles. The average molecular weight is 404 g/mol. The van der Waals surface area contributed by atoms with Crippen LogP contribution >= 0.6 is 0 Å². The highest BCUT2D eigenvalue weighted by Gasteiger charge is 2.06. The van der Waals surface area contributed by atoms with E-state index in [-0.39, 0.29) is 31.3 Å². The lowest BCUT2D eigenvalue weighted by Gasteiger charge is -2.16. The Morgan fingerprint density at radius 1 is 1.10 bits per heavy atom. The van der Waals surface area contributed by atoms with Gasteiger partial charge < -0.3 is 26.0 Å². The first-order chi connectivity index (χ1) is 13.7. The lowest BCUT2D eigenvalue weighted by molar-refractivity contribution is -0.138. The molecule has 2 amide bonds. The van der Waals surface area contributed by atoms with E-state index in [1.807, 2.05) is 38.1 Å². The van der Waals surface area contributed by atoms with Crippen molar-refractivity contribution in [1.29, 1.82) is 0 Å². The first kappa shape index (κ1) is 24.0. The van der Waals surface area contributed by atoms with Gasteiger partial charge in [0.05, 0.1) is 6.54 Å². The van der Waals surface area contributed by atoms with E-state index in [1.165, 1.54) is 0 Å². The minimum absolute atomic E-state index is 0.0917. The van der Waals surface area contributed by atoms with Crippen molar-refractivity contribution in [1.82, 2.24) is 16.0 Å². The Balaban J connectivity index is 2.43. The number of nitrogens with one attached hydrogen (secondary N) is 4. The number of anilines is 1. The number of esters is 1. The van der Waals surface area contributed by atoms with Gasteiger partial charge in [0.15, 0.2) is 5.96 Å². The maximum Gasteiger partial charge on any atom is 0.333 e. The van der Waals surface area contributed by atoms with Crippen LogP contribution < -0.4 is 21.3 Å². The Hall–Kier alpha value is -3.03. The molecule has 0 aliphatic rings. The Kier molecular flexibility index (Phi) is 10.3. The van der Waals surface area contributed by atoms with E-state index in [2.05, 4.69) is 46.7 Å². The molecule has 0 heterocycles. The highest BCUT2D eigenvalue weighted by molar-refractivity contribution is 5.89. The molecule has 0 aromatic heterocycles. The van der Waals surface area contributed by atoms with Gasteiger partial charge in [-0.15, -0.1) is 0 Å². The van der Waals surface area contributed by atoms with Crippen molar-refractivity contribution in [3.63, 3.8) is 0 Å². The van der Waals surface area contributed by atoms with Crippen LogP contribution in [0.4, 0.5) is 10.5 Å². The number of ether oxygens (including phenoxy) is 1. The van der Waals surface area contributed by atoms with Crippen LogP contribution in [0.15, 0.2) is 41.4 Å². The fourth-order valence-electron chi connectivity index (χ4n) is 2.16. The van der Waals surface area contributed by atoms with Gasteiger partial charge in [0.2, 0.25) is 0 Å². The number of urea groups is 1. The summed E-state index contributed by atoms with van der Waals surface area (Å²) in [5.41, 5.74) is 2.05. The van der Waals surface area contributed by atoms with Crippen molar-refractivity contribution in [3.05, 3.63) is 42.0 Å². The van der Waals surface area contributed by atoms with E-state index < -0.39 is 5.97 Å². The molecule has 4 N–H and O–H groups in total. The molecule has 1 aromatic rings. The number of carbonyl (C=O) groups is 2. The van der Waals surface area contributed by atoms with Crippen LogP contribution in [0.3, 0.4) is 0 Å². The third-order valence-electron chi connectivity index (χ3n) is 3.45. The van der Waals surface area contributed by atoms with Gasteiger partial charge >= 0.3 is 12.0 Å². The predicted molar refractivity (Wildman–Crippen MR) is 117 cm³/mol. The van der Waals surface area contributed by atoms with Crippen molar-refractivity contribution in [2.75, 3.05) is 18.5 Å². The van der Waals surface area contributed by atoms with Crippen molar-refractivity contribution in [2.45, 2.75) is 53.2 Å². The van der Waals surface area contributed by atoms with Gasteiger partial charge in [-0.2, -0.15) is 0 Å². The maximum absolute atomic E-state index is 11.9. The molecule has 0 aliphatic carbocycles. The summed E-state index contributed by atoms with van der Waals surface area (Å²) < 4.78 is 4.91. The Bertz CT molecular complexity index is 712. The topological polar surface area (TPSA) is 104 Å². The molecule has 0 fully saturated rings. The second-order valence-corrected chi connectivity index (χ2v) is 7.22. The van der Waals surface area contributed by atoms with Crippen molar-refractivity contribution in [3.8, 4) is 0 Å². The fourth-order valence-corrected chi connectivity index (χ4v) is 2.16. The largest absolute Gasteiger partial charge is 0.460 e. The summed E-state index contributed by atoms with van der Waals surface area (Å²) in [6.45, 7) is 14.2. The van der Waals surface area contributed by atoms with Crippen LogP contribution in [0.5, 0.6) is 0 Å². The zero-order valence-corrected chi connectivity index (χ0v) is 18.0. The molecule has 160 valence electrons. The third-order valence-corrected chi connectivity index (χ3v) is 3.45. The van der Waals surface area contributed by atoms with E-state index in [0.717, 1.165) is 11.5 Å². The summed E-state index contributed by atoms with van der Waals surface area (Å²) in [5.74, 6) is 0.297. The number of hydrogen-bond acceptors (Lipinski definition) is 4. The number of benzene rings is 1. The number of carbonyl (C=O) groups excluding carboxylic acids is 2. The lowest BCUT2D eigenvalue weighted by atomic mass is 10.2. The van der Waals surface area contributed by atoms with Crippen LogP contribution in [0.25, 0.3) is 0 Å². The highest BCUT2D eigenvalue weighted by atomic mass is 16.5. The van der Waals surface area contributed by atoms with Crippen LogP contribution in [0.1, 0.15) is 40.2 Å². The second kappa shape index (κ2) is 12.4. The fraction of sp³-hybridized carbons (Fsp3) is 0.476. The smallest absolute Gasteiger partial charge is 0.333 e. The second-order valence-electron chi connectivity index (χ2n) is 7.22. The molecule has 1 aromatic carbocycles. The predicted octanol–water partition coefficient (Wildman–Crippen LogP) is 2.78. The van der Waals surface area contributed by atoms with E-state index in [0.29, 0.717) is 17.8 Å². The molecule has 29 heavy (non-hydrogen) atoms. The number of guanidine groups is 1. The number of amides is 2. The van der Waals surface area contributed by atoms with Gasteiger partial charge in [-0.1, -0.05) is 18.7 Å². The normalized spacial score (nSPS) is 11.2. The maximum atomic E-state index is 11.9. The Morgan fingerprint density at radius 3 is 2.31 bits per heavy atom. The summed E-state index contributed by atoms with van der Waals surface area (Å²) in [7, 11) is 0. The average Bonchev–Trinajstić information content (AvgIpc) is 2.63. The van der Waals surface area contributed by atoms with Crippen LogP contribution in [-0.2, 0) is 16.1 Å². The van der Waals surface area contributed by atoms with Crippen LogP contribution in [-0.4, -0.2) is 43.2 Å². The minimum Gasteiger partial charge on any atom is -0.460 e. The first-order valence-corrected chi connectivity index (χ1v) is 9.72. The Labute approximate surface area is 173 Å². The summed E-state index contributed by atoms with van der Waals surface area (Å²) >= 11 is 0. The number of rotatable bonds is 9. The summed E-state index contributed by atoms with van der Waals surface area (Å²) in [5, 5.41) is 12.0. The monoisotopic (exact) mass is 403 g/mol. The van der Waals surface area contributed by atoms with Gasteiger partial charge in [-0.05, 0) is 52.3 Å². The van der Waals surface area contributed by atoms with Crippen molar-refractivity contribution < 1.29 is 14.3 Å². The van der Waals surface area contributed by atoms with E-state index >= 15 is 0 Å². The SMILES string of the molecule is C=C(C)C(=O)OCCNC(=O)Nc1ccc(CNC(=NC(C)C)NC(C)C)cc1. The third kappa shape index (κ3) is 10.8. The van der Waals surface area contributed by atoms with E-state index in [4.69, 9.17) is 4.74 Å². The molecule has 0 aliphatic heterocycles. The minimum atomic E-state index is -0.471. The van der Waals surface area contributed by atoms with E-state index in [1.54, 1.807) is 6.92 Å². The van der Waals surface area contributed by atoms with Gasteiger partial charge in [0.1, 0.15) is 6.61 Å². The molecule has 0 spiro atoms. The zero-order valence-electron chi connectivity index (χ0n) is 18.0. The van der Waals surface area contributed by atoms with Gasteiger partial charge in [0, 0.05) is 29.9 Å². The summed E-state index contributed by atoms with van der Waals surface area (Å²) in [6, 6.07) is 7.63. The molecule has 8 heteroatoms. The van der Waals surface area contributed by atoms with E-state index in [9.17, 15) is 9.59 Å². The van der Waals surface area contributed by atoms with Crippen LogP contribution in [0, 0.1) is 0 Å². The number of hydrogen-bond donors (Lipinski definition) is 4. The van der Waals surface area contributed by atoms with Crippen LogP contribution in [0.2, 0.25) is 0 Å². The summed E-state index contributed by atoms with van der Waals surface area (Å²) in [6.07, 6.45) is 0. The lowest BCUT2D eigenvalue weighted by Crippen LogP contribution is -2.41. The van der Waals surface area contributed by atoms with Crippen molar-refractivity contribution in [2.24, 2.45) is 4.99 Å². The molecule has 1 rings (SSSR count). The molecule has 0 bridgehead atoms. The van der Waals surface area contributed by atoms with Gasteiger partial charge in [-0.25, -0.2) is 9.59 Å². The van der Waals surface area contributed by atoms with Gasteiger partial charge in [-0.3, -0.25) is 4.99 Å². The van der Waals surface area contributed by atoms with Crippen molar-refractivity contribution >= 4 is 23.6 Å². The molecule has 8 nitrogen and oxygen atoms in total. The molecular weight excluding hydrogens is 370 g/mol. The molecule has 0 saturated heterocycles. The quantitative estimate of drug-likeness (QED) is 0.167. The zero-order chi connectivity index (χ0) is 21.8. The first-order valence-electron chi connectivity index (χ1n) is 9.72. The highest BCUT2D eigenvalue weighted by Crippen LogP contribution is 2.09. The molecular formula is C21H33N5O3.